The number of nitrogens with zero attached hydrogens (tertiary/aromatic N) is 3. The van der Waals surface area contributed by atoms with E-state index in [0.717, 1.165) is 17.3 Å². The van der Waals surface area contributed by atoms with Gasteiger partial charge in [-0.05, 0) is 70.5 Å². The summed E-state index contributed by atoms with van der Waals surface area (Å²) >= 11 is 4.49. The van der Waals surface area contributed by atoms with Gasteiger partial charge >= 0.3 is 5.97 Å². The van der Waals surface area contributed by atoms with Crippen LogP contribution in [0, 0.1) is 0 Å². The SMILES string of the molecule is C=CCOc1ccc(/C=C(\Sc2nnc(-c3cc(OC)cc(OC)c3)n2CC)C(=O)O)cc1Br. The Morgan fingerprint density at radius 1 is 1.18 bits per heavy atom. The first-order chi connectivity index (χ1) is 16.4. The largest absolute Gasteiger partial charge is 0.497 e. The van der Waals surface area contributed by atoms with Crippen molar-refractivity contribution >= 4 is 39.7 Å². The molecule has 1 aromatic heterocycles. The highest BCUT2D eigenvalue weighted by atomic mass is 79.9. The molecule has 178 valence electrons. The minimum atomic E-state index is -1.07. The number of aromatic nitrogens is 3. The second-order valence-corrected chi connectivity index (χ2v) is 8.72. The molecule has 8 nitrogen and oxygen atoms in total. The Morgan fingerprint density at radius 2 is 1.88 bits per heavy atom. The number of carboxylic acids is 1. The summed E-state index contributed by atoms with van der Waals surface area (Å²) in [7, 11) is 3.15. The zero-order chi connectivity index (χ0) is 24.7. The van der Waals surface area contributed by atoms with E-state index in [1.54, 1.807) is 50.6 Å². The van der Waals surface area contributed by atoms with Crippen LogP contribution in [0.4, 0.5) is 0 Å². The number of thioether (sulfide) groups is 1. The van der Waals surface area contributed by atoms with Gasteiger partial charge in [-0.3, -0.25) is 0 Å². The number of rotatable bonds is 11. The maximum absolute atomic E-state index is 12.0. The topological polar surface area (TPSA) is 95.7 Å². The fourth-order valence-corrected chi connectivity index (χ4v) is 4.45. The van der Waals surface area contributed by atoms with Gasteiger partial charge in [0.15, 0.2) is 11.0 Å². The number of halogens is 1. The summed E-state index contributed by atoms with van der Waals surface area (Å²) in [5, 5.41) is 18.9. The number of carboxylic acid groups (broad SMARTS) is 1. The van der Waals surface area contributed by atoms with Crippen molar-refractivity contribution in [3.05, 3.63) is 64.0 Å². The average Bonchev–Trinajstić information content (AvgIpc) is 3.25. The van der Waals surface area contributed by atoms with E-state index in [0.29, 0.717) is 51.4 Å². The quantitative estimate of drug-likeness (QED) is 0.191. The van der Waals surface area contributed by atoms with Gasteiger partial charge in [0.2, 0.25) is 0 Å². The molecule has 3 rings (SSSR count). The Kier molecular flexibility index (Phi) is 8.78. The third-order valence-corrected chi connectivity index (χ3v) is 6.28. The zero-order valence-electron chi connectivity index (χ0n) is 18.9. The first-order valence-electron chi connectivity index (χ1n) is 10.2. The standard InChI is InChI=1S/C24H24BrN3O5S/c1-5-9-33-20-8-7-15(10-19(20)25)11-21(23(29)30)34-24-27-26-22(28(24)6-2)16-12-17(31-3)14-18(13-16)32-4/h5,7-8,10-14H,1,6,9H2,2-4H3,(H,29,30)/b21-11-. The molecule has 1 N–H and O–H groups in total. The lowest BCUT2D eigenvalue weighted by molar-refractivity contribution is -0.131. The molecule has 3 aromatic rings. The molecule has 0 bridgehead atoms. The minimum Gasteiger partial charge on any atom is -0.497 e. The van der Waals surface area contributed by atoms with Crippen molar-refractivity contribution in [2.24, 2.45) is 0 Å². The average molecular weight is 546 g/mol. The predicted octanol–water partition coefficient (Wildman–Crippen LogP) is 5.53. The van der Waals surface area contributed by atoms with Crippen LogP contribution in [0.1, 0.15) is 12.5 Å². The lowest BCUT2D eigenvalue weighted by atomic mass is 10.2. The number of benzene rings is 2. The second-order valence-electron chi connectivity index (χ2n) is 6.86. The van der Waals surface area contributed by atoms with Crippen LogP contribution in [0.2, 0.25) is 0 Å². The van der Waals surface area contributed by atoms with E-state index in [2.05, 4.69) is 32.7 Å². The predicted molar refractivity (Wildman–Crippen MR) is 136 cm³/mol. The molecular formula is C24H24BrN3O5S. The summed E-state index contributed by atoms with van der Waals surface area (Å²) in [6.07, 6.45) is 3.23. The van der Waals surface area contributed by atoms with Gasteiger partial charge in [-0.2, -0.15) is 0 Å². The lowest BCUT2D eigenvalue weighted by Gasteiger charge is -2.11. The van der Waals surface area contributed by atoms with Gasteiger partial charge in [0.05, 0.1) is 18.7 Å². The normalized spacial score (nSPS) is 11.2. The van der Waals surface area contributed by atoms with E-state index in [-0.39, 0.29) is 4.91 Å². The smallest absolute Gasteiger partial charge is 0.342 e. The first-order valence-corrected chi connectivity index (χ1v) is 11.8. The summed E-state index contributed by atoms with van der Waals surface area (Å²) in [5.41, 5.74) is 1.44. The molecule has 0 aliphatic carbocycles. The maximum atomic E-state index is 12.0. The molecule has 0 saturated heterocycles. The Labute approximate surface area is 210 Å². The highest BCUT2D eigenvalue weighted by Crippen LogP contribution is 2.34. The third-order valence-electron chi connectivity index (χ3n) is 4.67. The molecule has 2 aromatic carbocycles. The van der Waals surface area contributed by atoms with Gasteiger partial charge in [-0.15, -0.1) is 10.2 Å². The van der Waals surface area contributed by atoms with Crippen LogP contribution >= 0.6 is 27.7 Å². The third kappa shape index (κ3) is 6.00. The van der Waals surface area contributed by atoms with E-state index in [1.807, 2.05) is 23.6 Å². The molecule has 1 heterocycles. The van der Waals surface area contributed by atoms with Crippen molar-refractivity contribution in [2.45, 2.75) is 18.6 Å². The van der Waals surface area contributed by atoms with Gasteiger partial charge < -0.3 is 23.9 Å². The molecule has 0 saturated carbocycles. The molecule has 0 amide bonds. The molecule has 0 radical (unpaired) electrons. The van der Waals surface area contributed by atoms with Crippen LogP contribution in [0.25, 0.3) is 17.5 Å². The second kappa shape index (κ2) is 11.8. The van der Waals surface area contributed by atoms with Crippen LogP contribution in [0.5, 0.6) is 17.2 Å². The fraction of sp³-hybridized carbons (Fsp3) is 0.208. The number of methoxy groups -OCH3 is 2. The van der Waals surface area contributed by atoms with E-state index in [9.17, 15) is 9.90 Å². The van der Waals surface area contributed by atoms with E-state index in [1.165, 1.54) is 0 Å². The number of carbonyl (C=O) groups is 1. The molecule has 34 heavy (non-hydrogen) atoms. The lowest BCUT2D eigenvalue weighted by Crippen LogP contribution is -2.03. The molecule has 0 atom stereocenters. The van der Waals surface area contributed by atoms with Crippen LogP contribution in [-0.4, -0.2) is 46.7 Å². The van der Waals surface area contributed by atoms with Crippen molar-refractivity contribution < 1.29 is 24.1 Å². The van der Waals surface area contributed by atoms with Crippen LogP contribution in [0.3, 0.4) is 0 Å². The molecular weight excluding hydrogens is 522 g/mol. The monoisotopic (exact) mass is 545 g/mol. The van der Waals surface area contributed by atoms with E-state index < -0.39 is 5.97 Å². The van der Waals surface area contributed by atoms with Crippen molar-refractivity contribution in [3.8, 4) is 28.6 Å². The van der Waals surface area contributed by atoms with Gasteiger partial charge in [-0.1, -0.05) is 18.7 Å². The zero-order valence-corrected chi connectivity index (χ0v) is 21.4. The number of ether oxygens (including phenoxy) is 3. The van der Waals surface area contributed by atoms with Crippen molar-refractivity contribution in [2.75, 3.05) is 20.8 Å². The molecule has 10 heteroatoms. The number of hydrogen-bond donors (Lipinski definition) is 1. The number of hydrogen-bond acceptors (Lipinski definition) is 7. The van der Waals surface area contributed by atoms with Crippen LogP contribution in [0.15, 0.2) is 63.6 Å². The molecule has 0 fully saturated rings. The van der Waals surface area contributed by atoms with Gasteiger partial charge in [0, 0.05) is 18.2 Å². The van der Waals surface area contributed by atoms with Crippen LogP contribution < -0.4 is 14.2 Å². The number of aliphatic carboxylic acids is 1. The Bertz CT molecular complexity index is 1200. The molecule has 0 aliphatic rings. The van der Waals surface area contributed by atoms with Gasteiger partial charge in [0.25, 0.3) is 0 Å². The van der Waals surface area contributed by atoms with Crippen molar-refractivity contribution in [1.82, 2.24) is 14.8 Å². The highest BCUT2D eigenvalue weighted by Gasteiger charge is 2.19. The van der Waals surface area contributed by atoms with Crippen LogP contribution in [-0.2, 0) is 11.3 Å². The Morgan fingerprint density at radius 3 is 2.44 bits per heavy atom. The van der Waals surface area contributed by atoms with Crippen molar-refractivity contribution in [1.29, 1.82) is 0 Å². The minimum absolute atomic E-state index is 0.100. The van der Waals surface area contributed by atoms with E-state index in [4.69, 9.17) is 14.2 Å². The molecule has 0 spiro atoms. The summed E-state index contributed by atoms with van der Waals surface area (Å²) in [4.78, 5) is 12.1. The van der Waals surface area contributed by atoms with E-state index >= 15 is 0 Å². The molecule has 0 unspecified atom stereocenters. The summed E-state index contributed by atoms with van der Waals surface area (Å²) in [5.74, 6) is 1.39. The summed E-state index contributed by atoms with van der Waals surface area (Å²) in [6.45, 7) is 6.49. The molecule has 0 aliphatic heterocycles. The van der Waals surface area contributed by atoms with Gasteiger partial charge in [0.1, 0.15) is 28.8 Å². The summed E-state index contributed by atoms with van der Waals surface area (Å²) in [6, 6.07) is 10.8. The highest BCUT2D eigenvalue weighted by molar-refractivity contribution is 9.10. The Hall–Kier alpha value is -3.24. The fourth-order valence-electron chi connectivity index (χ4n) is 3.06. The van der Waals surface area contributed by atoms with Crippen molar-refractivity contribution in [3.63, 3.8) is 0 Å². The summed E-state index contributed by atoms with van der Waals surface area (Å²) < 4.78 is 18.8. The van der Waals surface area contributed by atoms with Gasteiger partial charge in [-0.25, -0.2) is 4.79 Å². The Balaban J connectivity index is 1.94. The maximum Gasteiger partial charge on any atom is 0.342 e. The first kappa shape index (κ1) is 25.4.